The molecule has 0 bridgehead atoms. The van der Waals surface area contributed by atoms with Crippen molar-refractivity contribution in [3.63, 3.8) is 0 Å². The highest BCUT2D eigenvalue weighted by molar-refractivity contribution is 7.89. The highest BCUT2D eigenvalue weighted by atomic mass is 32.2. The van der Waals surface area contributed by atoms with Gasteiger partial charge in [-0.25, -0.2) is 48.3 Å². The predicted octanol–water partition coefficient (Wildman–Crippen LogP) is 2.15. The largest absolute Gasteiger partial charge is 0.390 e. The first-order valence-corrected chi connectivity index (χ1v) is 31.0. The molecule has 0 aliphatic carbocycles. The van der Waals surface area contributed by atoms with E-state index in [0.717, 1.165) is 39.7 Å². The number of halogens is 8. The molecule has 9 rings (SSSR count). The molecule has 0 radical (unpaired) electrons. The maximum absolute atomic E-state index is 12.9. The van der Waals surface area contributed by atoms with Crippen LogP contribution in [-0.2, 0) is 23.0 Å². The van der Waals surface area contributed by atoms with Gasteiger partial charge in [-0.1, -0.05) is 78.7 Å². The minimum atomic E-state index is -3.97. The zero-order valence-electron chi connectivity index (χ0n) is 50.0. The number of piperidine rings is 5. The lowest BCUT2D eigenvalue weighted by Crippen LogP contribution is -2.58. The number of aryl methyl sites for hydroxylation is 2. The maximum atomic E-state index is 12.9. The van der Waals surface area contributed by atoms with Crippen molar-refractivity contribution in [3.05, 3.63) is 137 Å². The van der Waals surface area contributed by atoms with E-state index in [-0.39, 0.29) is 48.6 Å². The number of β-amino-alcohol motifs (C(OH)–C–C–N with tert-alkyl or cyclic N) is 5. The molecule has 4 aromatic carbocycles. The van der Waals surface area contributed by atoms with Crippen molar-refractivity contribution in [1.29, 1.82) is 0 Å². The van der Waals surface area contributed by atoms with E-state index in [4.69, 9.17) is 0 Å². The number of likely N-dealkylation sites (tertiary alicyclic amines) is 2. The number of aliphatic hydroxyl groups is 11. The van der Waals surface area contributed by atoms with Crippen molar-refractivity contribution < 1.29 is 105 Å². The van der Waals surface area contributed by atoms with E-state index in [1.165, 1.54) is 59.7 Å². The number of rotatable bonds is 13. The molecule has 16 atom stereocenters. The number of urea groups is 1. The lowest BCUT2D eigenvalue weighted by Gasteiger charge is -2.38. The van der Waals surface area contributed by atoms with Gasteiger partial charge in [0.05, 0.1) is 96.3 Å². The Morgan fingerprint density at radius 2 is 0.978 bits per heavy atom. The van der Waals surface area contributed by atoms with Crippen LogP contribution in [-0.4, -0.2) is 237 Å². The second-order valence-electron chi connectivity index (χ2n) is 23.3. The number of sulfonamides is 1. The number of alkyl halides is 6. The van der Waals surface area contributed by atoms with Gasteiger partial charge in [-0.15, -0.1) is 0 Å². The quantitative estimate of drug-likeness (QED) is 0.0853. The van der Waals surface area contributed by atoms with E-state index in [2.05, 4.69) is 47.1 Å². The fourth-order valence-electron chi connectivity index (χ4n) is 10.8. The summed E-state index contributed by atoms with van der Waals surface area (Å²) in [6.07, 6.45) is -19.4. The van der Waals surface area contributed by atoms with Crippen molar-refractivity contribution in [3.8, 4) is 0 Å². The van der Waals surface area contributed by atoms with Crippen LogP contribution < -0.4 is 16.0 Å². The van der Waals surface area contributed by atoms with Crippen LogP contribution in [0.3, 0.4) is 0 Å². The summed E-state index contributed by atoms with van der Waals surface area (Å²) >= 11 is 0. The Bertz CT molecular complexity index is 2850. The molecule has 29 heteroatoms. The summed E-state index contributed by atoms with van der Waals surface area (Å²) in [6, 6.07) is 25.1. The molecule has 5 aliphatic heterocycles. The van der Waals surface area contributed by atoms with E-state index < -0.39 is 139 Å². The second-order valence-corrected chi connectivity index (χ2v) is 25.2. The Hall–Kier alpha value is -5.06. The van der Waals surface area contributed by atoms with Crippen LogP contribution in [0.15, 0.2) is 102 Å². The van der Waals surface area contributed by atoms with Crippen LogP contribution in [0.5, 0.6) is 0 Å². The number of hydrogen-bond donors (Lipinski definition) is 14. The highest BCUT2D eigenvalue weighted by Gasteiger charge is 2.45. The van der Waals surface area contributed by atoms with Crippen LogP contribution in [0.4, 0.5) is 39.9 Å². The Morgan fingerprint density at radius 3 is 1.51 bits per heavy atom. The van der Waals surface area contributed by atoms with Gasteiger partial charge in [0.15, 0.2) is 0 Å². The van der Waals surface area contributed by atoms with Crippen LogP contribution >= 0.6 is 0 Å². The third-order valence-corrected chi connectivity index (χ3v) is 18.1. The topological polar surface area (TPSA) is 320 Å². The summed E-state index contributed by atoms with van der Waals surface area (Å²) in [5.41, 5.74) is 4.63. The van der Waals surface area contributed by atoms with E-state index in [1.54, 1.807) is 36.1 Å². The summed E-state index contributed by atoms with van der Waals surface area (Å²) in [6.45, 7) is 7.35. The summed E-state index contributed by atoms with van der Waals surface area (Å²) in [5.74, 6) is -5.38. The zero-order chi connectivity index (χ0) is 66.7. The third-order valence-electron chi connectivity index (χ3n) is 16.3. The molecule has 5 saturated heterocycles. The molecule has 4 aromatic rings. The lowest BCUT2D eigenvalue weighted by molar-refractivity contribution is -0.118. The van der Waals surface area contributed by atoms with Crippen molar-refractivity contribution >= 4 is 16.1 Å². The van der Waals surface area contributed by atoms with Crippen molar-refractivity contribution in [2.24, 2.45) is 29.6 Å². The van der Waals surface area contributed by atoms with E-state index in [0.29, 0.717) is 38.3 Å². The number of nitrogens with zero attached hydrogens (tertiary/aromatic N) is 3. The second kappa shape index (κ2) is 35.8. The first-order chi connectivity index (χ1) is 42.4. The Balaban J connectivity index is 0.000000205. The zero-order valence-corrected chi connectivity index (χ0v) is 50.8. The average molecular weight is 1310 g/mol. The Kier molecular flexibility index (Phi) is 30.1. The molecule has 5 fully saturated rings. The molecule has 20 nitrogen and oxygen atoms in total. The predicted molar refractivity (Wildman–Crippen MR) is 314 cm³/mol. The van der Waals surface area contributed by atoms with E-state index >= 15 is 0 Å². The SMILES string of the molecule is CCCNC(=O)N1C[C@@H](O)[C@H](O)[C@@H](C(F)F)C1.Cc1ccc(C[C@H]2CNC[C@@H](O)[C@@H]2O)cc1.Cc1ccc(S(=O)(=O)N2C[C@@H](O)[C@H](O)[C@@H](C(F)F)C2)cc1.OC(c1ccc(F)cc1)[C@H]1CNC[C@@H](O)[C@@H]1O.O[C@H]1[C@H](O)CN(Cc2ccc(F)cc2)C[C@@H]1C(F)F. The molecule has 0 saturated carbocycles. The highest BCUT2D eigenvalue weighted by Crippen LogP contribution is 2.31. The average Bonchev–Trinajstić information content (AvgIpc) is 0.978. The van der Waals surface area contributed by atoms with Gasteiger partial charge in [0.25, 0.3) is 0 Å². The van der Waals surface area contributed by atoms with Crippen molar-refractivity contribution in [2.45, 2.75) is 131 Å². The number of carbonyl (C=O) groups excluding carboxylic acids is 1. The summed E-state index contributed by atoms with van der Waals surface area (Å²) in [4.78, 5) is 14.3. The van der Waals surface area contributed by atoms with Crippen LogP contribution in [0.25, 0.3) is 0 Å². The molecular formula is C61H86F8N6O14S. The first kappa shape index (κ1) is 75.7. The van der Waals surface area contributed by atoms with Crippen LogP contribution in [0.2, 0.25) is 0 Å². The van der Waals surface area contributed by atoms with Gasteiger partial charge >= 0.3 is 6.03 Å². The number of amides is 2. The smallest absolute Gasteiger partial charge is 0.317 e. The summed E-state index contributed by atoms with van der Waals surface area (Å²) in [7, 11) is -3.97. The number of hydrogen-bond acceptors (Lipinski definition) is 17. The van der Waals surface area contributed by atoms with E-state index in [1.807, 2.05) is 6.92 Å². The molecular weight excluding hydrogens is 1220 g/mol. The molecule has 0 spiro atoms. The lowest BCUT2D eigenvalue weighted by atomic mass is 9.86. The molecule has 1 unspecified atom stereocenters. The fourth-order valence-corrected chi connectivity index (χ4v) is 12.3. The van der Waals surface area contributed by atoms with Crippen molar-refractivity contribution in [2.75, 3.05) is 72.0 Å². The molecule has 90 heavy (non-hydrogen) atoms. The molecule has 14 N–H and O–H groups in total. The monoisotopic (exact) mass is 1310 g/mol. The van der Waals surface area contributed by atoms with Crippen LogP contribution in [0.1, 0.15) is 47.3 Å². The molecule has 5 aliphatic rings. The van der Waals surface area contributed by atoms with Gasteiger partial charge in [0.2, 0.25) is 29.3 Å². The summed E-state index contributed by atoms with van der Waals surface area (Å²) in [5, 5.41) is 115. The molecule has 5 heterocycles. The number of benzene rings is 4. The Morgan fingerprint density at radius 1 is 0.533 bits per heavy atom. The third kappa shape index (κ3) is 22.0. The minimum Gasteiger partial charge on any atom is -0.390 e. The Labute approximate surface area is 518 Å². The van der Waals surface area contributed by atoms with Gasteiger partial charge in [-0.3, -0.25) is 4.90 Å². The van der Waals surface area contributed by atoms with Gasteiger partial charge in [-0.05, 0) is 79.8 Å². The normalized spacial score (nSPS) is 29.5. The van der Waals surface area contributed by atoms with Gasteiger partial charge in [-0.2, -0.15) is 4.31 Å². The summed E-state index contributed by atoms with van der Waals surface area (Å²) < 4.78 is 128. The van der Waals surface area contributed by atoms with Crippen LogP contribution in [0, 0.1) is 55.1 Å². The standard InChI is InChI=1S/C13H16F3NO2.C13H17F2NO4S.C13H19NO2.C12H16FNO3.C10H18F2N2O3/c14-9-3-1-8(2-4-9)5-17-6-10(13(15)16)12(19)11(18)7-17;1-8-2-4-9(5-3-8)21(19,20)16-6-10(13(14)15)12(18)11(17)7-16;1-9-2-4-10(5-3-9)6-11-7-14-8-12(15)13(11)16;13-8-3-1-7(2-4-8)11(16)9-5-14-6-10(15)12(9)17;1-2-3-13-10(17)14-4-6(9(11)12)8(16)7(15)5-14/h1-4,10-13,18-19H,5-7H2;2-5,10-13,17-18H,6-7H2,1H3;2-5,11-16H,6-8H2,1H3;1-4,9-12,14-17H,5-6H2;6-9,15-16H,2-5H2,1H3,(H,13,17)/t2*10-,11+,12+;11-,12+,13+;9-,10-,11?,12-;6-,7+,8+/m00010/s1. The fraction of sp³-hybridized carbons (Fsp3) is 0.590. The molecule has 506 valence electrons. The number of carbonyl (C=O) groups is 1. The maximum Gasteiger partial charge on any atom is 0.317 e. The number of aliphatic hydroxyl groups excluding tert-OH is 11. The number of nitrogens with one attached hydrogen (secondary N) is 3. The minimum absolute atomic E-state index is 0.00721. The first-order valence-electron chi connectivity index (χ1n) is 29.6. The van der Waals surface area contributed by atoms with Gasteiger partial charge < -0.3 is 77.0 Å². The van der Waals surface area contributed by atoms with Gasteiger partial charge in [0, 0.05) is 83.8 Å². The van der Waals surface area contributed by atoms with Gasteiger partial charge in [0.1, 0.15) is 11.6 Å². The molecule has 2 amide bonds. The molecule has 0 aromatic heterocycles. The van der Waals surface area contributed by atoms with Crippen molar-refractivity contribution in [1.82, 2.24) is 30.1 Å². The van der Waals surface area contributed by atoms with E-state index in [9.17, 15) is 105 Å².